The number of esters is 2. The summed E-state index contributed by atoms with van der Waals surface area (Å²) in [6, 6.07) is 5.58. The van der Waals surface area contributed by atoms with E-state index in [1.807, 2.05) is 26.0 Å². The molecule has 1 aromatic carbocycles. The molecular weight excluding hydrogens is 248 g/mol. The highest BCUT2D eigenvalue weighted by molar-refractivity contribution is 5.75. The summed E-state index contributed by atoms with van der Waals surface area (Å²) in [5.41, 5.74) is 1.87. The predicted molar refractivity (Wildman–Crippen MR) is 69.0 cm³/mol. The van der Waals surface area contributed by atoms with Gasteiger partial charge in [-0.2, -0.15) is 0 Å². The van der Waals surface area contributed by atoms with Gasteiger partial charge in [-0.05, 0) is 38.0 Å². The number of rotatable bonds is 6. The summed E-state index contributed by atoms with van der Waals surface area (Å²) in [5, 5.41) is 0. The van der Waals surface area contributed by atoms with E-state index in [0.717, 1.165) is 11.1 Å². The molecule has 5 heteroatoms. The van der Waals surface area contributed by atoms with Crippen LogP contribution in [0.1, 0.15) is 18.1 Å². The van der Waals surface area contributed by atoms with Gasteiger partial charge in [0.05, 0.1) is 6.61 Å². The first kappa shape index (κ1) is 15.2. The predicted octanol–water partition coefficient (Wildman–Crippen LogP) is 1.79. The Morgan fingerprint density at radius 2 is 1.79 bits per heavy atom. The van der Waals surface area contributed by atoms with Crippen LogP contribution in [0, 0.1) is 13.8 Å². The number of ether oxygens (including phenoxy) is 3. The fraction of sp³-hybridized carbons (Fsp3) is 0.429. The van der Waals surface area contributed by atoms with Gasteiger partial charge in [0.25, 0.3) is 0 Å². The van der Waals surface area contributed by atoms with Crippen LogP contribution in [0.15, 0.2) is 18.2 Å². The third-order valence-corrected chi connectivity index (χ3v) is 2.31. The van der Waals surface area contributed by atoms with Crippen LogP contribution in [-0.2, 0) is 19.1 Å². The first-order valence-corrected chi connectivity index (χ1v) is 6.04. The Morgan fingerprint density at radius 1 is 1.11 bits per heavy atom. The van der Waals surface area contributed by atoms with Gasteiger partial charge in [0, 0.05) is 0 Å². The summed E-state index contributed by atoms with van der Waals surface area (Å²) in [5.74, 6) is -0.537. The lowest BCUT2D eigenvalue weighted by Crippen LogP contribution is -2.20. The Balaban J connectivity index is 2.39. The second-order valence-electron chi connectivity index (χ2n) is 4.04. The Labute approximate surface area is 112 Å². The Kier molecular flexibility index (Phi) is 6.02. The third-order valence-electron chi connectivity index (χ3n) is 2.31. The third kappa shape index (κ3) is 5.52. The van der Waals surface area contributed by atoms with E-state index in [0.29, 0.717) is 5.75 Å². The Bertz CT molecular complexity index is 453. The average Bonchev–Trinajstić information content (AvgIpc) is 2.34. The highest BCUT2D eigenvalue weighted by Gasteiger charge is 2.09. The van der Waals surface area contributed by atoms with Crippen LogP contribution < -0.4 is 4.74 Å². The number of aryl methyl sites for hydroxylation is 2. The molecule has 0 aromatic heterocycles. The van der Waals surface area contributed by atoms with Crippen molar-refractivity contribution < 1.29 is 23.8 Å². The first-order valence-electron chi connectivity index (χ1n) is 6.04. The monoisotopic (exact) mass is 266 g/mol. The smallest absolute Gasteiger partial charge is 0.337 e. The maximum Gasteiger partial charge on any atom is 0.337 e. The zero-order chi connectivity index (χ0) is 14.3. The minimum absolute atomic E-state index is 0.254. The summed E-state index contributed by atoms with van der Waals surface area (Å²) in [4.78, 5) is 22.5. The minimum Gasteiger partial charge on any atom is -0.464 e. The average molecular weight is 266 g/mol. The molecule has 0 saturated carbocycles. The molecule has 0 N–H and O–H groups in total. The van der Waals surface area contributed by atoms with Gasteiger partial charge in [0.2, 0.25) is 0 Å². The highest BCUT2D eigenvalue weighted by atomic mass is 16.6. The van der Waals surface area contributed by atoms with Gasteiger partial charge < -0.3 is 14.2 Å². The van der Waals surface area contributed by atoms with Crippen molar-refractivity contribution >= 4 is 11.9 Å². The van der Waals surface area contributed by atoms with Crippen LogP contribution in [0.25, 0.3) is 0 Å². The van der Waals surface area contributed by atoms with Crippen molar-refractivity contribution in [1.82, 2.24) is 0 Å². The maximum absolute atomic E-state index is 11.5. The van der Waals surface area contributed by atoms with Crippen LogP contribution in [0.4, 0.5) is 0 Å². The van der Waals surface area contributed by atoms with Gasteiger partial charge in [-0.3, -0.25) is 0 Å². The second-order valence-corrected chi connectivity index (χ2v) is 4.04. The zero-order valence-electron chi connectivity index (χ0n) is 11.4. The molecule has 5 nitrogen and oxygen atoms in total. The van der Waals surface area contributed by atoms with Crippen molar-refractivity contribution in [2.24, 2.45) is 0 Å². The van der Waals surface area contributed by atoms with E-state index in [-0.39, 0.29) is 19.8 Å². The summed E-state index contributed by atoms with van der Waals surface area (Å²) in [6.07, 6.45) is 0. The normalized spacial score (nSPS) is 10.1. The van der Waals surface area contributed by atoms with Crippen molar-refractivity contribution in [2.45, 2.75) is 20.8 Å². The van der Waals surface area contributed by atoms with Crippen LogP contribution in [0.3, 0.4) is 0 Å². The summed E-state index contributed by atoms with van der Waals surface area (Å²) in [6.45, 7) is 5.21. The van der Waals surface area contributed by atoms with E-state index in [4.69, 9.17) is 9.47 Å². The second kappa shape index (κ2) is 7.53. The molecule has 0 amide bonds. The van der Waals surface area contributed by atoms with Crippen LogP contribution in [0.2, 0.25) is 0 Å². The standard InChI is InChI=1S/C14H18O5/c1-4-18-13(15)8-17-9-14(16)19-12-7-10(2)5-6-11(12)3/h5-7H,4,8-9H2,1-3H3. The van der Waals surface area contributed by atoms with Gasteiger partial charge >= 0.3 is 11.9 Å². The van der Waals surface area contributed by atoms with Crippen LogP contribution >= 0.6 is 0 Å². The molecule has 0 aliphatic heterocycles. The molecule has 0 aliphatic carbocycles. The molecule has 0 unspecified atom stereocenters. The molecule has 104 valence electrons. The topological polar surface area (TPSA) is 61.8 Å². The highest BCUT2D eigenvalue weighted by Crippen LogP contribution is 2.19. The van der Waals surface area contributed by atoms with E-state index in [2.05, 4.69) is 4.74 Å². The number of hydrogen-bond acceptors (Lipinski definition) is 5. The molecule has 1 rings (SSSR count). The number of hydrogen-bond donors (Lipinski definition) is 0. The van der Waals surface area contributed by atoms with Gasteiger partial charge in [-0.15, -0.1) is 0 Å². The fourth-order valence-corrected chi connectivity index (χ4v) is 1.39. The quantitative estimate of drug-likeness (QED) is 0.580. The van der Waals surface area contributed by atoms with Gasteiger partial charge in [-0.1, -0.05) is 12.1 Å². The minimum atomic E-state index is -0.544. The SMILES string of the molecule is CCOC(=O)COCC(=O)Oc1cc(C)ccc1C. The lowest BCUT2D eigenvalue weighted by molar-refractivity contribution is -0.151. The Hall–Kier alpha value is -1.88. The molecule has 1 aromatic rings. The number of benzene rings is 1. The molecule has 0 fully saturated rings. The zero-order valence-corrected chi connectivity index (χ0v) is 11.4. The van der Waals surface area contributed by atoms with Crippen molar-refractivity contribution in [3.63, 3.8) is 0 Å². The van der Waals surface area contributed by atoms with Gasteiger partial charge in [0.15, 0.2) is 0 Å². The first-order chi connectivity index (χ1) is 9.02. The van der Waals surface area contributed by atoms with Crippen molar-refractivity contribution in [3.05, 3.63) is 29.3 Å². The summed E-state index contributed by atoms with van der Waals surface area (Å²) < 4.78 is 14.7. The van der Waals surface area contributed by atoms with Crippen LogP contribution in [0.5, 0.6) is 5.75 Å². The summed E-state index contributed by atoms with van der Waals surface area (Å²) >= 11 is 0. The Morgan fingerprint density at radius 3 is 2.47 bits per heavy atom. The lowest BCUT2D eigenvalue weighted by atomic mass is 10.1. The van der Waals surface area contributed by atoms with E-state index in [1.165, 1.54) is 0 Å². The molecule has 0 aliphatic rings. The number of carbonyl (C=O) groups excluding carboxylic acids is 2. The molecule has 0 bridgehead atoms. The van der Waals surface area contributed by atoms with E-state index in [9.17, 15) is 9.59 Å². The van der Waals surface area contributed by atoms with Crippen molar-refractivity contribution in [1.29, 1.82) is 0 Å². The van der Waals surface area contributed by atoms with E-state index < -0.39 is 11.9 Å². The molecular formula is C14H18O5. The number of carbonyl (C=O) groups is 2. The van der Waals surface area contributed by atoms with Gasteiger partial charge in [-0.25, -0.2) is 9.59 Å². The fourth-order valence-electron chi connectivity index (χ4n) is 1.39. The maximum atomic E-state index is 11.5. The molecule has 0 saturated heterocycles. The molecule has 0 radical (unpaired) electrons. The molecule has 0 atom stereocenters. The van der Waals surface area contributed by atoms with Crippen molar-refractivity contribution in [2.75, 3.05) is 19.8 Å². The van der Waals surface area contributed by atoms with Crippen LogP contribution in [-0.4, -0.2) is 31.8 Å². The van der Waals surface area contributed by atoms with E-state index >= 15 is 0 Å². The molecule has 19 heavy (non-hydrogen) atoms. The molecule has 0 heterocycles. The lowest BCUT2D eigenvalue weighted by Gasteiger charge is -2.08. The molecule has 0 spiro atoms. The van der Waals surface area contributed by atoms with E-state index in [1.54, 1.807) is 13.0 Å². The largest absolute Gasteiger partial charge is 0.464 e. The summed E-state index contributed by atoms with van der Waals surface area (Å²) in [7, 11) is 0. The van der Waals surface area contributed by atoms with Crippen molar-refractivity contribution in [3.8, 4) is 5.75 Å². The van der Waals surface area contributed by atoms with Gasteiger partial charge in [0.1, 0.15) is 19.0 Å².